The number of aliphatic carboxylic acids is 1. The average Bonchev–Trinajstić information content (AvgIpc) is 2.83. The fourth-order valence-corrected chi connectivity index (χ4v) is 5.16. The molecule has 0 aromatic heterocycles. The Hall–Kier alpha value is -3.12. The number of rotatable bonds is 12. The maximum absolute atomic E-state index is 14.9. The first kappa shape index (κ1) is 26.5. The number of carboxylic acid groups (broad SMARTS) is 1. The summed E-state index contributed by atoms with van der Waals surface area (Å²) in [4.78, 5) is 24.6. The quantitative estimate of drug-likeness (QED) is 0.284. The summed E-state index contributed by atoms with van der Waals surface area (Å²) in [6, 6.07) is 21.2. The SMILES string of the molecule is CCC(CCC(=O)O)(CCc1ccc(-c2ccc(Sc3ccc(C)cc3)cc2F)cc1)CC(N)=O. The van der Waals surface area contributed by atoms with Crippen LogP contribution in [0.1, 0.15) is 50.2 Å². The van der Waals surface area contributed by atoms with E-state index in [9.17, 15) is 14.0 Å². The molecule has 3 rings (SSSR count). The van der Waals surface area contributed by atoms with Crippen molar-refractivity contribution >= 4 is 23.6 Å². The molecule has 1 atom stereocenters. The van der Waals surface area contributed by atoms with Crippen LogP contribution in [0.2, 0.25) is 0 Å². The molecular formula is C29H32FNO3S. The highest BCUT2D eigenvalue weighted by atomic mass is 32.2. The number of primary amides is 1. The lowest BCUT2D eigenvalue weighted by Crippen LogP contribution is -2.29. The Morgan fingerprint density at radius 3 is 2.20 bits per heavy atom. The molecule has 4 nitrogen and oxygen atoms in total. The predicted molar refractivity (Wildman–Crippen MR) is 139 cm³/mol. The van der Waals surface area contributed by atoms with Gasteiger partial charge >= 0.3 is 5.97 Å². The zero-order valence-corrected chi connectivity index (χ0v) is 21.0. The van der Waals surface area contributed by atoms with Gasteiger partial charge in [0.25, 0.3) is 0 Å². The van der Waals surface area contributed by atoms with Crippen LogP contribution in [0.25, 0.3) is 11.1 Å². The summed E-state index contributed by atoms with van der Waals surface area (Å²) in [6.07, 6.45) is 2.63. The third kappa shape index (κ3) is 7.69. The van der Waals surface area contributed by atoms with Crippen molar-refractivity contribution in [2.75, 3.05) is 0 Å². The molecule has 0 aliphatic heterocycles. The van der Waals surface area contributed by atoms with Gasteiger partial charge in [-0.15, -0.1) is 0 Å². The number of hydrogen-bond acceptors (Lipinski definition) is 3. The van der Waals surface area contributed by atoms with Crippen molar-refractivity contribution in [3.8, 4) is 11.1 Å². The molecule has 1 amide bonds. The Balaban J connectivity index is 1.69. The van der Waals surface area contributed by atoms with Crippen LogP contribution in [-0.2, 0) is 16.0 Å². The Morgan fingerprint density at radius 2 is 1.63 bits per heavy atom. The molecule has 0 fully saturated rings. The van der Waals surface area contributed by atoms with Gasteiger partial charge in [-0.2, -0.15) is 0 Å². The van der Waals surface area contributed by atoms with Crippen molar-refractivity contribution in [3.05, 3.63) is 83.7 Å². The number of amides is 1. The smallest absolute Gasteiger partial charge is 0.303 e. The second kappa shape index (κ2) is 12.0. The fourth-order valence-electron chi connectivity index (χ4n) is 4.32. The van der Waals surface area contributed by atoms with Crippen LogP contribution in [0.3, 0.4) is 0 Å². The summed E-state index contributed by atoms with van der Waals surface area (Å²) in [6.45, 7) is 4.01. The van der Waals surface area contributed by atoms with Crippen LogP contribution in [0, 0.1) is 18.2 Å². The summed E-state index contributed by atoms with van der Waals surface area (Å²) < 4.78 is 14.9. The normalized spacial score (nSPS) is 12.8. The molecule has 0 saturated heterocycles. The van der Waals surface area contributed by atoms with E-state index < -0.39 is 17.3 Å². The van der Waals surface area contributed by atoms with Crippen LogP contribution in [0.15, 0.2) is 76.5 Å². The zero-order chi connectivity index (χ0) is 25.4. The Kier molecular flexibility index (Phi) is 9.10. The number of hydrogen-bond donors (Lipinski definition) is 2. The van der Waals surface area contributed by atoms with Gasteiger partial charge in [-0.3, -0.25) is 9.59 Å². The Labute approximate surface area is 210 Å². The molecule has 0 radical (unpaired) electrons. The zero-order valence-electron chi connectivity index (χ0n) is 20.2. The summed E-state index contributed by atoms with van der Waals surface area (Å²) in [5, 5.41) is 9.11. The number of carbonyl (C=O) groups excluding carboxylic acids is 1. The van der Waals surface area contributed by atoms with E-state index in [2.05, 4.69) is 0 Å². The van der Waals surface area contributed by atoms with Gasteiger partial charge in [-0.05, 0) is 73.4 Å². The largest absolute Gasteiger partial charge is 0.481 e. The third-order valence-electron chi connectivity index (χ3n) is 6.57. The molecule has 0 bridgehead atoms. The minimum atomic E-state index is -0.873. The summed E-state index contributed by atoms with van der Waals surface area (Å²) in [5.41, 5.74) is 8.61. The van der Waals surface area contributed by atoms with Gasteiger partial charge in [0, 0.05) is 28.2 Å². The molecule has 3 N–H and O–H groups in total. The second-order valence-electron chi connectivity index (χ2n) is 9.14. The van der Waals surface area contributed by atoms with E-state index in [0.717, 1.165) is 20.9 Å². The van der Waals surface area contributed by atoms with Crippen LogP contribution in [0.5, 0.6) is 0 Å². The Morgan fingerprint density at radius 1 is 0.971 bits per heavy atom. The van der Waals surface area contributed by atoms with Gasteiger partial charge in [-0.1, -0.05) is 66.7 Å². The molecule has 3 aromatic rings. The first-order chi connectivity index (χ1) is 16.7. The van der Waals surface area contributed by atoms with Crippen molar-refractivity contribution in [3.63, 3.8) is 0 Å². The van der Waals surface area contributed by atoms with Crippen LogP contribution in [-0.4, -0.2) is 17.0 Å². The molecule has 0 saturated carbocycles. The van der Waals surface area contributed by atoms with Gasteiger partial charge < -0.3 is 10.8 Å². The van der Waals surface area contributed by atoms with Crippen molar-refractivity contribution in [2.24, 2.45) is 11.1 Å². The van der Waals surface area contributed by atoms with E-state index in [-0.39, 0.29) is 18.7 Å². The number of aryl methyl sites for hydroxylation is 2. The molecule has 0 aliphatic rings. The highest BCUT2D eigenvalue weighted by Gasteiger charge is 2.30. The first-order valence-electron chi connectivity index (χ1n) is 11.8. The number of halogens is 1. The molecule has 0 aliphatic carbocycles. The average molecular weight is 494 g/mol. The highest BCUT2D eigenvalue weighted by molar-refractivity contribution is 7.99. The third-order valence-corrected chi connectivity index (χ3v) is 7.57. The lowest BCUT2D eigenvalue weighted by atomic mass is 9.73. The topological polar surface area (TPSA) is 80.4 Å². The standard InChI is InChI=1S/C29H32FNO3S/c1-3-29(19-27(31)32,17-15-28(33)34)16-14-21-6-8-22(9-7-21)25-13-12-24(18-26(25)30)35-23-10-4-20(2)5-11-23/h4-13,18H,3,14-17,19H2,1-2H3,(H2,31,32)(H,33,34). The maximum atomic E-state index is 14.9. The molecule has 0 heterocycles. The molecule has 1 unspecified atom stereocenters. The number of benzene rings is 3. The van der Waals surface area contributed by atoms with E-state index in [0.29, 0.717) is 31.2 Å². The van der Waals surface area contributed by atoms with E-state index in [1.807, 2.05) is 74.5 Å². The van der Waals surface area contributed by atoms with E-state index >= 15 is 0 Å². The maximum Gasteiger partial charge on any atom is 0.303 e. The minimum Gasteiger partial charge on any atom is -0.481 e. The molecule has 35 heavy (non-hydrogen) atoms. The van der Waals surface area contributed by atoms with Crippen molar-refractivity contribution in [2.45, 2.75) is 62.2 Å². The minimum absolute atomic E-state index is 0.0114. The molecule has 3 aromatic carbocycles. The van der Waals surface area contributed by atoms with Crippen molar-refractivity contribution in [1.82, 2.24) is 0 Å². The van der Waals surface area contributed by atoms with Crippen molar-refractivity contribution in [1.29, 1.82) is 0 Å². The molecular weight excluding hydrogens is 461 g/mol. The van der Waals surface area contributed by atoms with Crippen LogP contribution in [0.4, 0.5) is 4.39 Å². The number of carboxylic acids is 1. The van der Waals surface area contributed by atoms with Gasteiger partial charge in [0.2, 0.25) is 5.91 Å². The summed E-state index contributed by atoms with van der Waals surface area (Å²) >= 11 is 1.53. The predicted octanol–water partition coefficient (Wildman–Crippen LogP) is 7.02. The van der Waals surface area contributed by atoms with E-state index in [1.54, 1.807) is 6.07 Å². The molecule has 184 valence electrons. The first-order valence-corrected chi connectivity index (χ1v) is 12.6. The molecule has 6 heteroatoms. The summed E-state index contributed by atoms with van der Waals surface area (Å²) in [7, 11) is 0. The van der Waals surface area contributed by atoms with E-state index in [1.165, 1.54) is 17.3 Å². The van der Waals surface area contributed by atoms with Crippen molar-refractivity contribution < 1.29 is 19.1 Å². The van der Waals surface area contributed by atoms with Gasteiger partial charge in [0.1, 0.15) is 5.82 Å². The lowest BCUT2D eigenvalue weighted by molar-refractivity contribution is -0.138. The number of carbonyl (C=O) groups is 2. The number of nitrogens with two attached hydrogens (primary N) is 1. The van der Waals surface area contributed by atoms with E-state index in [4.69, 9.17) is 10.8 Å². The highest BCUT2D eigenvalue weighted by Crippen LogP contribution is 2.38. The van der Waals surface area contributed by atoms with Crippen LogP contribution >= 0.6 is 11.8 Å². The fraction of sp³-hybridized carbons (Fsp3) is 0.310. The second-order valence-corrected chi connectivity index (χ2v) is 10.3. The Bertz CT molecular complexity index is 1160. The van der Waals surface area contributed by atoms with Gasteiger partial charge in [0.05, 0.1) is 0 Å². The van der Waals surface area contributed by atoms with Crippen LogP contribution < -0.4 is 5.73 Å². The lowest BCUT2D eigenvalue weighted by Gasteiger charge is -2.31. The molecule has 0 spiro atoms. The summed E-state index contributed by atoms with van der Waals surface area (Å²) in [5.74, 6) is -1.55. The monoisotopic (exact) mass is 493 g/mol. The van der Waals surface area contributed by atoms with Gasteiger partial charge in [-0.25, -0.2) is 4.39 Å². The van der Waals surface area contributed by atoms with Gasteiger partial charge in [0.15, 0.2) is 0 Å².